The van der Waals surface area contributed by atoms with E-state index in [0.717, 1.165) is 130 Å². The number of hydrogen-bond acceptors (Lipinski definition) is 18. The van der Waals surface area contributed by atoms with E-state index in [0.29, 0.717) is 89.8 Å². The third kappa shape index (κ3) is 14.6. The van der Waals surface area contributed by atoms with Crippen LogP contribution in [0.4, 0.5) is 36.1 Å². The molecule has 9 aromatic rings. The SMILES string of the molecule is Cl.O=C(Nc1nccs1)C(c1ncn2c1CCC2)N1Cc2c(F)cc(-c3ccc(N4CCNCC4)cc3)cc2C1=O.O=C1CCC(Nc2ccc(C3CCN(CC(=O)N4CCN(c5ccc(-c6cc(F)c7c(c6)C(=O)N(C(C(=O)Nc6nccs6)c6ncn8c6CCC8)C7)cc5)CC4)CC3)cc2)C(=O)N1. The first-order valence-electron chi connectivity index (χ1n) is 35.6. The van der Waals surface area contributed by atoms with Crippen LogP contribution >= 0.6 is 35.1 Å². The van der Waals surface area contributed by atoms with E-state index in [2.05, 4.69) is 73.4 Å². The second kappa shape index (κ2) is 30.4. The number of nitrogens with one attached hydrogen (secondary N) is 5. The molecule has 5 N–H and O–H groups in total. The molecular formula is C76H78ClF2N17O7S2. The van der Waals surface area contributed by atoms with Gasteiger partial charge in [-0.3, -0.25) is 54.4 Å². The molecule has 0 spiro atoms. The van der Waals surface area contributed by atoms with E-state index in [-0.39, 0.29) is 65.8 Å². The van der Waals surface area contributed by atoms with E-state index in [4.69, 9.17) is 0 Å². The monoisotopic (exact) mass is 1480 g/mol. The number of aromatic nitrogens is 6. The van der Waals surface area contributed by atoms with E-state index in [1.165, 1.54) is 50.2 Å². The van der Waals surface area contributed by atoms with Gasteiger partial charge in [-0.1, -0.05) is 36.4 Å². The number of likely N-dealkylation sites (tertiary alicyclic amines) is 1. The van der Waals surface area contributed by atoms with Gasteiger partial charge in [-0.15, -0.1) is 35.1 Å². The van der Waals surface area contributed by atoms with Gasteiger partial charge in [0.25, 0.3) is 23.6 Å². The first-order chi connectivity index (χ1) is 50.7. The van der Waals surface area contributed by atoms with E-state index in [9.17, 15) is 33.6 Å². The van der Waals surface area contributed by atoms with Gasteiger partial charge in [0.1, 0.15) is 17.7 Å². The van der Waals surface area contributed by atoms with E-state index >= 15 is 8.78 Å². The van der Waals surface area contributed by atoms with Gasteiger partial charge in [0.15, 0.2) is 22.3 Å². The molecular weight excluding hydrogens is 1400 g/mol. The van der Waals surface area contributed by atoms with Crippen molar-refractivity contribution in [1.29, 1.82) is 0 Å². The summed E-state index contributed by atoms with van der Waals surface area (Å²) in [4.78, 5) is 122. The van der Waals surface area contributed by atoms with Gasteiger partial charge in [0.05, 0.1) is 43.7 Å². The van der Waals surface area contributed by atoms with Gasteiger partial charge in [0, 0.05) is 146 Å². The Bertz CT molecular complexity index is 4750. The molecule has 8 aliphatic heterocycles. The molecule has 4 saturated heterocycles. The zero-order valence-corrected chi connectivity index (χ0v) is 59.9. The normalized spacial score (nSPS) is 18.5. The summed E-state index contributed by atoms with van der Waals surface area (Å²) >= 11 is 2.57. The predicted octanol–water partition coefficient (Wildman–Crippen LogP) is 9.43. The number of carbonyl (C=O) groups is 7. The Morgan fingerprint density at radius 1 is 0.562 bits per heavy atom. The van der Waals surface area contributed by atoms with Crippen LogP contribution in [0.3, 0.4) is 0 Å². The van der Waals surface area contributed by atoms with E-state index < -0.39 is 47.5 Å². The lowest BCUT2D eigenvalue weighted by atomic mass is 9.89. The smallest absolute Gasteiger partial charge is 0.255 e. The summed E-state index contributed by atoms with van der Waals surface area (Å²) < 4.78 is 35.5. The molecule has 5 aromatic carbocycles. The highest BCUT2D eigenvalue weighted by atomic mass is 35.5. The van der Waals surface area contributed by atoms with E-state index in [1.54, 1.807) is 47.9 Å². The number of carbonyl (C=O) groups excluding carboxylic acids is 7. The van der Waals surface area contributed by atoms with Crippen molar-refractivity contribution in [3.05, 3.63) is 195 Å². The Kier molecular flexibility index (Phi) is 20.4. The second-order valence-electron chi connectivity index (χ2n) is 27.6. The van der Waals surface area contributed by atoms with Crippen LogP contribution in [0.2, 0.25) is 0 Å². The summed E-state index contributed by atoms with van der Waals surface area (Å²) in [5, 5.41) is 19.0. The lowest BCUT2D eigenvalue weighted by Crippen LogP contribution is -2.51. The summed E-state index contributed by atoms with van der Waals surface area (Å²) in [5.41, 5.74) is 11.0. The predicted molar refractivity (Wildman–Crippen MR) is 397 cm³/mol. The molecule has 0 saturated carbocycles. The molecule has 17 rings (SSSR count). The number of thiazole rings is 2. The number of fused-ring (bicyclic) bond motifs is 4. The lowest BCUT2D eigenvalue weighted by Gasteiger charge is -2.38. The molecule has 3 atom stereocenters. The number of anilines is 5. The first kappa shape index (κ1) is 70.4. The topological polar surface area (TPSA) is 260 Å². The quantitative estimate of drug-likeness (QED) is 0.0532. The number of nitrogens with zero attached hydrogens (tertiary/aromatic N) is 12. The van der Waals surface area contributed by atoms with Crippen molar-refractivity contribution in [3.8, 4) is 22.3 Å². The fourth-order valence-electron chi connectivity index (χ4n) is 15.8. The van der Waals surface area contributed by atoms with Crippen molar-refractivity contribution in [2.75, 3.05) is 97.7 Å². The number of imidazole rings is 2. The molecule has 0 bridgehead atoms. The number of piperidine rings is 2. The molecule has 4 aromatic heterocycles. The Hall–Kier alpha value is -10.3. The summed E-state index contributed by atoms with van der Waals surface area (Å²) in [6.45, 7) is 10.0. The van der Waals surface area contributed by atoms with Crippen LogP contribution in [0.25, 0.3) is 22.3 Å². The van der Waals surface area contributed by atoms with Crippen LogP contribution in [0, 0.1) is 11.6 Å². The zero-order valence-electron chi connectivity index (χ0n) is 57.5. The van der Waals surface area contributed by atoms with Crippen LogP contribution in [0.5, 0.6) is 0 Å². The molecule has 7 amide bonds. The highest BCUT2D eigenvalue weighted by Gasteiger charge is 2.45. The maximum absolute atomic E-state index is 15.9. The first-order valence-corrected chi connectivity index (χ1v) is 37.3. The number of piperazine rings is 2. The Labute approximate surface area is 618 Å². The molecule has 4 fully saturated rings. The number of halogens is 3. The molecule has 24 nitrogen and oxygen atoms in total. The van der Waals surface area contributed by atoms with Gasteiger partial charge >= 0.3 is 0 Å². The zero-order chi connectivity index (χ0) is 71.1. The second-order valence-corrected chi connectivity index (χ2v) is 29.3. The Balaban J connectivity index is 0.000000185. The Morgan fingerprint density at radius 3 is 1.55 bits per heavy atom. The highest BCUT2D eigenvalue weighted by Crippen LogP contribution is 2.41. The summed E-state index contributed by atoms with van der Waals surface area (Å²) in [7, 11) is 0. The van der Waals surface area contributed by atoms with Crippen molar-refractivity contribution in [3.63, 3.8) is 0 Å². The van der Waals surface area contributed by atoms with Gasteiger partial charge in [-0.2, -0.15) is 0 Å². The maximum Gasteiger partial charge on any atom is 0.255 e. The lowest BCUT2D eigenvalue weighted by molar-refractivity contribution is -0.134. The highest BCUT2D eigenvalue weighted by molar-refractivity contribution is 7.14. The average Bonchev–Trinajstić information content (AvgIpc) is 1.61. The standard InChI is InChI=1S/C47H49FN10O5S.C29H28FN7O2S.ClH/c48-37-25-32(24-35-36(37)26-58(46(35)63)43(45(62)53-47-49-15-23-64-47)42-39-2-1-16-57(39)28-50-42)30-5-9-34(10-6-30)55-19-21-56(22-20-55)41(60)27-54-17-13-31(14-18-54)29-3-7-33(8-4-29)51-38-11-12-40(59)52-44(38)61;30-23-15-19(18-3-5-20(6-4-18)35-11-7-31-8-12-35)14-21-22(23)16-37(28(21)39)26(27(38)34-29-32-9-13-40-29)25-24-2-1-10-36(24)17-33-25;/h3-10,15,23-25,28,31,38,43,51H,1-2,11-14,16-22,26-27H2,(H,49,53,62)(H,52,59,61);3-6,9,13-15,17,26,31H,1-2,7-8,10-12,16H2,(H,32,34,38);1H. The summed E-state index contributed by atoms with van der Waals surface area (Å²) in [6.07, 6.45) is 12.8. The minimum absolute atomic E-state index is 0. The molecule has 0 radical (unpaired) electrons. The van der Waals surface area contributed by atoms with Crippen LogP contribution in [0.1, 0.15) is 117 Å². The van der Waals surface area contributed by atoms with Crippen LogP contribution in [0.15, 0.2) is 133 Å². The molecule has 105 heavy (non-hydrogen) atoms. The molecule has 3 unspecified atom stereocenters. The minimum atomic E-state index is -1.05. The van der Waals surface area contributed by atoms with Crippen LogP contribution in [-0.2, 0) is 63.0 Å². The van der Waals surface area contributed by atoms with Crippen molar-refractivity contribution < 1.29 is 42.3 Å². The van der Waals surface area contributed by atoms with Gasteiger partial charge < -0.3 is 44.3 Å². The Morgan fingerprint density at radius 2 is 1.07 bits per heavy atom. The molecule has 12 heterocycles. The number of aryl methyl sites for hydroxylation is 2. The number of rotatable bonds is 17. The molecule has 0 aliphatic carbocycles. The van der Waals surface area contributed by atoms with Crippen LogP contribution in [-0.4, -0.2) is 168 Å². The van der Waals surface area contributed by atoms with E-state index in [1.807, 2.05) is 74.7 Å². The number of hydrogen-bond donors (Lipinski definition) is 5. The third-order valence-corrected chi connectivity index (χ3v) is 22.7. The van der Waals surface area contributed by atoms with Gasteiger partial charge in [0.2, 0.25) is 17.7 Å². The molecule has 8 aliphatic rings. The molecule has 542 valence electrons. The van der Waals surface area contributed by atoms with Crippen molar-refractivity contribution in [2.45, 2.75) is 102 Å². The summed E-state index contributed by atoms with van der Waals surface area (Å²) in [6, 6.07) is 28.0. The van der Waals surface area contributed by atoms with Crippen molar-refractivity contribution in [2.24, 2.45) is 0 Å². The number of imide groups is 1. The largest absolute Gasteiger partial charge is 0.374 e. The minimum Gasteiger partial charge on any atom is -0.374 e. The molecule has 29 heteroatoms. The number of amides is 7. The van der Waals surface area contributed by atoms with Gasteiger partial charge in [-0.05, 0) is 152 Å². The van der Waals surface area contributed by atoms with Crippen LogP contribution < -0.4 is 36.4 Å². The fourth-order valence-corrected chi connectivity index (χ4v) is 16.9. The fraction of sp³-hybridized carbons (Fsp3) is 0.355. The maximum atomic E-state index is 15.9. The number of benzene rings is 5. The average molecular weight is 1480 g/mol. The van der Waals surface area contributed by atoms with Crippen molar-refractivity contribution in [1.82, 2.24) is 59.3 Å². The van der Waals surface area contributed by atoms with Gasteiger partial charge in [-0.25, -0.2) is 28.7 Å². The van der Waals surface area contributed by atoms with Crippen molar-refractivity contribution >= 4 is 104 Å². The summed E-state index contributed by atoms with van der Waals surface area (Å²) in [5.74, 6) is -2.57. The third-order valence-electron chi connectivity index (χ3n) is 21.4.